The van der Waals surface area contributed by atoms with Crippen molar-refractivity contribution >= 4 is 17.9 Å². The molecule has 0 bridgehead atoms. The van der Waals surface area contributed by atoms with Gasteiger partial charge >= 0.3 is 0 Å². The number of nitrogens with one attached hydrogen (secondary N) is 1. The second-order valence-corrected chi connectivity index (χ2v) is 6.97. The summed E-state index contributed by atoms with van der Waals surface area (Å²) < 4.78 is 11.8. The van der Waals surface area contributed by atoms with Crippen LogP contribution in [0.1, 0.15) is 40.1 Å². The molecule has 3 aromatic rings. The van der Waals surface area contributed by atoms with Gasteiger partial charge in [0.05, 0.1) is 6.61 Å². The summed E-state index contributed by atoms with van der Waals surface area (Å²) in [7, 11) is 0. The third-order valence-corrected chi connectivity index (χ3v) is 4.64. The first-order chi connectivity index (χ1) is 14.5. The summed E-state index contributed by atoms with van der Waals surface area (Å²) in [6.45, 7) is 6.17. The Kier molecular flexibility index (Phi) is 6.86. The van der Waals surface area contributed by atoms with E-state index in [0.29, 0.717) is 29.2 Å². The molecule has 0 saturated carbocycles. The molecule has 1 amide bonds. The van der Waals surface area contributed by atoms with Crippen LogP contribution in [-0.4, -0.2) is 18.8 Å². The van der Waals surface area contributed by atoms with Crippen molar-refractivity contribution in [1.29, 1.82) is 0 Å². The van der Waals surface area contributed by atoms with Gasteiger partial charge in [0, 0.05) is 16.8 Å². The Balaban J connectivity index is 1.95. The number of benzene rings is 3. The number of amides is 1. The highest BCUT2D eigenvalue weighted by atomic mass is 16.5. The van der Waals surface area contributed by atoms with Crippen molar-refractivity contribution in [2.75, 3.05) is 11.9 Å². The zero-order chi connectivity index (χ0) is 21.5. The number of rotatable bonds is 8. The Hall–Kier alpha value is -3.60. The molecule has 3 aromatic carbocycles. The number of hydrogen-bond acceptors (Lipinski definition) is 4. The van der Waals surface area contributed by atoms with Crippen molar-refractivity contribution in [3.8, 4) is 11.5 Å². The van der Waals surface area contributed by atoms with E-state index in [1.54, 1.807) is 18.2 Å². The van der Waals surface area contributed by atoms with Gasteiger partial charge in [-0.2, -0.15) is 0 Å². The largest absolute Gasteiger partial charge is 0.490 e. The molecular formula is C25H25NO4. The molecule has 1 N–H and O–H groups in total. The lowest BCUT2D eigenvalue weighted by atomic mass is 10.1. The lowest BCUT2D eigenvalue weighted by Crippen LogP contribution is -2.26. The molecule has 0 unspecified atom stereocenters. The molecule has 0 aliphatic carbocycles. The number of hydrogen-bond donors (Lipinski definition) is 1. The third kappa shape index (κ3) is 5.06. The van der Waals surface area contributed by atoms with E-state index in [4.69, 9.17) is 9.47 Å². The van der Waals surface area contributed by atoms with Gasteiger partial charge in [0.1, 0.15) is 6.29 Å². The minimum atomic E-state index is -0.896. The van der Waals surface area contributed by atoms with Crippen molar-refractivity contribution in [1.82, 2.24) is 0 Å². The molecule has 0 aromatic heterocycles. The van der Waals surface area contributed by atoms with Gasteiger partial charge in [-0.1, -0.05) is 42.5 Å². The van der Waals surface area contributed by atoms with Crippen LogP contribution in [-0.2, 0) is 4.79 Å². The zero-order valence-electron chi connectivity index (χ0n) is 17.3. The fourth-order valence-corrected chi connectivity index (χ4v) is 3.06. The average molecular weight is 403 g/mol. The van der Waals surface area contributed by atoms with E-state index >= 15 is 0 Å². The lowest BCUT2D eigenvalue weighted by Gasteiger charge is -2.21. The van der Waals surface area contributed by atoms with Crippen molar-refractivity contribution < 1.29 is 19.1 Å². The molecular weight excluding hydrogens is 378 g/mol. The molecule has 0 saturated heterocycles. The van der Waals surface area contributed by atoms with Gasteiger partial charge in [-0.25, -0.2) is 0 Å². The highest BCUT2D eigenvalue weighted by Crippen LogP contribution is 2.33. The molecule has 0 aliphatic heterocycles. The number of aryl methyl sites for hydroxylation is 2. The van der Waals surface area contributed by atoms with E-state index in [1.807, 2.05) is 69.3 Å². The molecule has 0 fully saturated rings. The summed E-state index contributed by atoms with van der Waals surface area (Å²) in [4.78, 5) is 24.4. The van der Waals surface area contributed by atoms with Gasteiger partial charge < -0.3 is 14.8 Å². The van der Waals surface area contributed by atoms with Crippen LogP contribution in [0.15, 0.2) is 66.7 Å². The Morgan fingerprint density at radius 1 is 1.00 bits per heavy atom. The fraction of sp³-hybridized carbons (Fsp3) is 0.200. The summed E-state index contributed by atoms with van der Waals surface area (Å²) in [6.07, 6.45) is -0.152. The SMILES string of the molecule is CCOc1cc(C=O)ccc1O[C@@H](C(=O)Nc1cc(C)ccc1C)c1ccccc1. The first-order valence-electron chi connectivity index (χ1n) is 9.83. The summed E-state index contributed by atoms with van der Waals surface area (Å²) in [5.74, 6) is 0.520. The molecule has 0 spiro atoms. The smallest absolute Gasteiger partial charge is 0.270 e. The monoisotopic (exact) mass is 403 g/mol. The first-order valence-corrected chi connectivity index (χ1v) is 9.83. The number of carbonyl (C=O) groups is 2. The molecule has 0 heterocycles. The minimum Gasteiger partial charge on any atom is -0.490 e. The Labute approximate surface area is 176 Å². The van der Waals surface area contributed by atoms with E-state index in [2.05, 4.69) is 5.32 Å². The van der Waals surface area contributed by atoms with Crippen LogP contribution < -0.4 is 14.8 Å². The molecule has 30 heavy (non-hydrogen) atoms. The highest BCUT2D eigenvalue weighted by molar-refractivity contribution is 5.95. The maximum absolute atomic E-state index is 13.2. The quantitative estimate of drug-likeness (QED) is 0.520. The van der Waals surface area contributed by atoms with E-state index in [1.165, 1.54) is 0 Å². The maximum atomic E-state index is 13.2. The predicted molar refractivity (Wildman–Crippen MR) is 117 cm³/mol. The minimum absolute atomic E-state index is 0.295. The van der Waals surface area contributed by atoms with Gasteiger partial charge in [-0.3, -0.25) is 9.59 Å². The van der Waals surface area contributed by atoms with E-state index in [0.717, 1.165) is 23.1 Å². The van der Waals surface area contributed by atoms with Crippen molar-refractivity contribution in [2.24, 2.45) is 0 Å². The van der Waals surface area contributed by atoms with E-state index in [-0.39, 0.29) is 5.91 Å². The number of aldehydes is 1. The van der Waals surface area contributed by atoms with Gasteiger partial charge in [-0.15, -0.1) is 0 Å². The maximum Gasteiger partial charge on any atom is 0.270 e. The third-order valence-electron chi connectivity index (χ3n) is 4.64. The van der Waals surface area contributed by atoms with Gasteiger partial charge in [-0.05, 0) is 56.2 Å². The topological polar surface area (TPSA) is 64.6 Å². The fourth-order valence-electron chi connectivity index (χ4n) is 3.06. The summed E-state index contributed by atoms with van der Waals surface area (Å²) >= 11 is 0. The van der Waals surface area contributed by atoms with Crippen LogP contribution in [0.5, 0.6) is 11.5 Å². The normalized spacial score (nSPS) is 11.4. The van der Waals surface area contributed by atoms with Crippen molar-refractivity contribution in [3.05, 3.63) is 89.0 Å². The van der Waals surface area contributed by atoms with Gasteiger partial charge in [0.2, 0.25) is 6.10 Å². The molecule has 1 atom stereocenters. The second kappa shape index (κ2) is 9.74. The molecule has 3 rings (SSSR count). The van der Waals surface area contributed by atoms with Crippen molar-refractivity contribution in [2.45, 2.75) is 26.9 Å². The Morgan fingerprint density at radius 2 is 1.77 bits per heavy atom. The van der Waals surface area contributed by atoms with Gasteiger partial charge in [0.25, 0.3) is 5.91 Å². The number of carbonyl (C=O) groups excluding carboxylic acids is 2. The first kappa shape index (κ1) is 21.1. The Morgan fingerprint density at radius 3 is 2.47 bits per heavy atom. The zero-order valence-corrected chi connectivity index (χ0v) is 17.3. The van der Waals surface area contributed by atoms with Gasteiger partial charge in [0.15, 0.2) is 11.5 Å². The summed E-state index contributed by atoms with van der Waals surface area (Å²) in [5, 5.41) is 2.98. The standard InChI is InChI=1S/C25H25NO4/c1-4-29-23-15-19(16-27)12-13-22(23)30-24(20-8-6-5-7-9-20)25(28)26-21-14-17(2)10-11-18(21)3/h5-16,24H,4H2,1-3H3,(H,26,28)/t24-/m1/s1. The van der Waals surface area contributed by atoms with E-state index in [9.17, 15) is 9.59 Å². The molecule has 0 radical (unpaired) electrons. The van der Waals surface area contributed by atoms with Crippen LogP contribution in [0.25, 0.3) is 0 Å². The molecule has 0 aliphatic rings. The van der Waals surface area contributed by atoms with Crippen LogP contribution in [0, 0.1) is 13.8 Å². The second-order valence-electron chi connectivity index (χ2n) is 6.97. The van der Waals surface area contributed by atoms with E-state index < -0.39 is 6.10 Å². The van der Waals surface area contributed by atoms with Crippen LogP contribution in [0.4, 0.5) is 5.69 Å². The summed E-state index contributed by atoms with van der Waals surface area (Å²) in [6, 6.07) is 20.1. The number of anilines is 1. The molecule has 154 valence electrons. The van der Waals surface area contributed by atoms with Crippen molar-refractivity contribution in [3.63, 3.8) is 0 Å². The van der Waals surface area contributed by atoms with Crippen LogP contribution in [0.2, 0.25) is 0 Å². The lowest BCUT2D eigenvalue weighted by molar-refractivity contribution is -0.123. The highest BCUT2D eigenvalue weighted by Gasteiger charge is 2.25. The predicted octanol–water partition coefficient (Wildman–Crippen LogP) is 5.27. The van der Waals surface area contributed by atoms with Crippen LogP contribution in [0.3, 0.4) is 0 Å². The number of ether oxygens (including phenoxy) is 2. The average Bonchev–Trinajstić information content (AvgIpc) is 2.76. The molecule has 5 nitrogen and oxygen atoms in total. The summed E-state index contributed by atoms with van der Waals surface area (Å²) in [5.41, 5.74) is 3.94. The molecule has 5 heteroatoms. The van der Waals surface area contributed by atoms with Crippen LogP contribution >= 0.6 is 0 Å². The Bertz CT molecular complexity index is 1030.